The lowest BCUT2D eigenvalue weighted by molar-refractivity contribution is 0.892. The molecule has 29 heavy (non-hydrogen) atoms. The molecule has 5 aromatic rings. The first-order valence-electron chi connectivity index (χ1n) is 9.60. The number of aryl methyl sites for hydroxylation is 1. The molecule has 5 rings (SSSR count). The molecule has 2 nitrogen and oxygen atoms in total. The van der Waals surface area contributed by atoms with Crippen LogP contribution < -0.4 is 0 Å². The van der Waals surface area contributed by atoms with E-state index in [-0.39, 0.29) is 0 Å². The molecule has 0 amide bonds. The molecule has 0 N–H and O–H groups in total. The van der Waals surface area contributed by atoms with Gasteiger partial charge in [0.1, 0.15) is 5.69 Å². The maximum absolute atomic E-state index is 6.11. The van der Waals surface area contributed by atoms with Crippen molar-refractivity contribution in [3.8, 4) is 28.1 Å². The second kappa shape index (κ2) is 7.23. The van der Waals surface area contributed by atoms with Gasteiger partial charge in [-0.3, -0.25) is 0 Å². The fraction of sp³-hybridized carbons (Fsp3) is 0.0385. The predicted molar refractivity (Wildman–Crippen MR) is 122 cm³/mol. The van der Waals surface area contributed by atoms with Crippen LogP contribution in [0.1, 0.15) is 5.56 Å². The van der Waals surface area contributed by atoms with E-state index >= 15 is 0 Å². The van der Waals surface area contributed by atoms with Gasteiger partial charge in [-0.15, -0.1) is 0 Å². The lowest BCUT2D eigenvalue weighted by atomic mass is 10.0. The first-order valence-corrected chi connectivity index (χ1v) is 9.98. The first-order chi connectivity index (χ1) is 14.2. The Morgan fingerprint density at radius 3 is 2.21 bits per heavy atom. The molecule has 0 atom stereocenters. The molecule has 0 saturated heterocycles. The van der Waals surface area contributed by atoms with Crippen LogP contribution in [0, 0.1) is 6.92 Å². The Morgan fingerprint density at radius 2 is 1.41 bits per heavy atom. The minimum atomic E-state index is 0.721. The lowest BCUT2D eigenvalue weighted by Gasteiger charge is -2.06. The van der Waals surface area contributed by atoms with Gasteiger partial charge in [0.2, 0.25) is 0 Å². The minimum absolute atomic E-state index is 0.721. The number of nitrogens with zero attached hydrogens (tertiary/aromatic N) is 2. The van der Waals surface area contributed by atoms with Gasteiger partial charge < -0.3 is 0 Å². The highest BCUT2D eigenvalue weighted by Gasteiger charge is 2.15. The van der Waals surface area contributed by atoms with Gasteiger partial charge in [-0.25, -0.2) is 4.68 Å². The van der Waals surface area contributed by atoms with Crippen molar-refractivity contribution in [1.82, 2.24) is 9.78 Å². The van der Waals surface area contributed by atoms with Gasteiger partial charge >= 0.3 is 0 Å². The molecular formula is C26H19ClN2. The van der Waals surface area contributed by atoms with E-state index < -0.39 is 0 Å². The van der Waals surface area contributed by atoms with Crippen LogP contribution in [0.4, 0.5) is 0 Å². The van der Waals surface area contributed by atoms with Crippen molar-refractivity contribution in [3.63, 3.8) is 0 Å². The largest absolute Gasteiger partial charge is 0.239 e. The molecule has 0 bridgehead atoms. The van der Waals surface area contributed by atoms with E-state index in [2.05, 4.69) is 79.9 Å². The van der Waals surface area contributed by atoms with Crippen molar-refractivity contribution >= 4 is 22.4 Å². The second-order valence-corrected chi connectivity index (χ2v) is 7.64. The Kier molecular flexibility index (Phi) is 4.42. The van der Waals surface area contributed by atoms with E-state index in [9.17, 15) is 0 Å². The third-order valence-electron chi connectivity index (χ3n) is 5.21. The summed E-state index contributed by atoms with van der Waals surface area (Å²) in [5.74, 6) is 0. The van der Waals surface area contributed by atoms with Gasteiger partial charge in [0.15, 0.2) is 0 Å². The smallest absolute Gasteiger partial charge is 0.101 e. The molecule has 1 heterocycles. The van der Waals surface area contributed by atoms with Gasteiger partial charge in [-0.05, 0) is 36.1 Å². The summed E-state index contributed by atoms with van der Waals surface area (Å²) in [7, 11) is 0. The van der Waals surface area contributed by atoms with Crippen molar-refractivity contribution in [1.29, 1.82) is 0 Å². The Hall–Kier alpha value is -3.36. The maximum atomic E-state index is 6.11. The summed E-state index contributed by atoms with van der Waals surface area (Å²) < 4.78 is 1.99. The van der Waals surface area contributed by atoms with Crippen LogP contribution >= 0.6 is 11.6 Å². The Balaban J connectivity index is 1.74. The molecule has 0 unspecified atom stereocenters. The van der Waals surface area contributed by atoms with E-state index in [4.69, 9.17) is 16.7 Å². The number of aromatic nitrogens is 2. The second-order valence-electron chi connectivity index (χ2n) is 7.21. The topological polar surface area (TPSA) is 17.8 Å². The third kappa shape index (κ3) is 3.32. The molecule has 3 heteroatoms. The Morgan fingerprint density at radius 1 is 0.724 bits per heavy atom. The third-order valence-corrected chi connectivity index (χ3v) is 5.46. The molecule has 1 aromatic heterocycles. The standard InChI is InChI=1S/C26H19ClN2/c1-18-9-11-20(12-10-18)24-17-29(28-26(24)21-13-15-22(27)16-14-21)25-8-4-6-19-5-2-3-7-23(19)25/h2-17H,1H3. The normalized spacial score (nSPS) is 11.1. The van der Waals surface area contributed by atoms with Crippen LogP contribution in [-0.4, -0.2) is 9.78 Å². The summed E-state index contributed by atoms with van der Waals surface area (Å²) >= 11 is 6.11. The first kappa shape index (κ1) is 17.7. The molecule has 0 spiro atoms. The SMILES string of the molecule is Cc1ccc(-c2cn(-c3cccc4ccccc34)nc2-c2ccc(Cl)cc2)cc1. The van der Waals surface area contributed by atoms with Crippen LogP contribution in [0.15, 0.2) is 97.2 Å². The summed E-state index contributed by atoms with van der Waals surface area (Å²) in [6.45, 7) is 2.10. The summed E-state index contributed by atoms with van der Waals surface area (Å²) in [6, 6.07) is 31.2. The van der Waals surface area contributed by atoms with Crippen molar-refractivity contribution in [2.45, 2.75) is 6.92 Å². The van der Waals surface area contributed by atoms with E-state index in [1.807, 2.05) is 28.9 Å². The van der Waals surface area contributed by atoms with Crippen LogP contribution in [0.25, 0.3) is 38.8 Å². The van der Waals surface area contributed by atoms with Crippen LogP contribution in [0.5, 0.6) is 0 Å². The summed E-state index contributed by atoms with van der Waals surface area (Å²) in [5.41, 5.74) is 6.54. The zero-order valence-electron chi connectivity index (χ0n) is 16.0. The maximum Gasteiger partial charge on any atom is 0.101 e. The van der Waals surface area contributed by atoms with Gasteiger partial charge in [-0.2, -0.15) is 5.10 Å². The molecule has 0 saturated carbocycles. The number of benzene rings is 4. The Bertz CT molecular complexity index is 1230. The fourth-order valence-electron chi connectivity index (χ4n) is 3.67. The average molecular weight is 395 g/mol. The van der Waals surface area contributed by atoms with Gasteiger partial charge in [0.05, 0.1) is 5.69 Å². The monoisotopic (exact) mass is 394 g/mol. The van der Waals surface area contributed by atoms with Gasteiger partial charge in [-0.1, -0.05) is 90.0 Å². The van der Waals surface area contributed by atoms with Crippen LogP contribution in [0.2, 0.25) is 5.02 Å². The van der Waals surface area contributed by atoms with E-state index in [1.54, 1.807) is 0 Å². The molecule has 140 valence electrons. The van der Waals surface area contributed by atoms with Crippen molar-refractivity contribution in [3.05, 3.63) is 108 Å². The summed E-state index contributed by atoms with van der Waals surface area (Å²) in [4.78, 5) is 0. The predicted octanol–water partition coefficient (Wildman–Crippen LogP) is 7.32. The number of hydrogen-bond donors (Lipinski definition) is 0. The summed E-state index contributed by atoms with van der Waals surface area (Å²) in [5, 5.41) is 8.10. The highest BCUT2D eigenvalue weighted by Crippen LogP contribution is 2.34. The molecule has 4 aromatic carbocycles. The quantitative estimate of drug-likeness (QED) is 0.313. The number of halogens is 1. The summed E-state index contributed by atoms with van der Waals surface area (Å²) in [6.07, 6.45) is 2.12. The lowest BCUT2D eigenvalue weighted by Crippen LogP contribution is -1.96. The van der Waals surface area contributed by atoms with Crippen LogP contribution in [0.3, 0.4) is 0 Å². The minimum Gasteiger partial charge on any atom is -0.239 e. The number of rotatable bonds is 3. The van der Waals surface area contributed by atoms with Gasteiger partial charge in [0.25, 0.3) is 0 Å². The molecule has 0 fully saturated rings. The molecular weight excluding hydrogens is 376 g/mol. The van der Waals surface area contributed by atoms with E-state index in [1.165, 1.54) is 16.3 Å². The van der Waals surface area contributed by atoms with Crippen LogP contribution in [-0.2, 0) is 0 Å². The van der Waals surface area contributed by atoms with E-state index in [0.29, 0.717) is 0 Å². The molecule has 0 radical (unpaired) electrons. The zero-order valence-corrected chi connectivity index (χ0v) is 16.8. The zero-order chi connectivity index (χ0) is 19.8. The molecule has 0 aliphatic heterocycles. The van der Waals surface area contributed by atoms with Gasteiger partial charge in [0, 0.05) is 27.7 Å². The van der Waals surface area contributed by atoms with Crippen molar-refractivity contribution in [2.75, 3.05) is 0 Å². The highest BCUT2D eigenvalue weighted by atomic mass is 35.5. The van der Waals surface area contributed by atoms with Crippen molar-refractivity contribution < 1.29 is 0 Å². The van der Waals surface area contributed by atoms with E-state index in [0.717, 1.165) is 33.1 Å². The number of hydrogen-bond acceptors (Lipinski definition) is 1. The number of fused-ring (bicyclic) bond motifs is 1. The fourth-order valence-corrected chi connectivity index (χ4v) is 3.80. The molecule has 0 aliphatic carbocycles. The highest BCUT2D eigenvalue weighted by molar-refractivity contribution is 6.30. The molecule has 0 aliphatic rings. The Labute approximate surface area is 175 Å². The van der Waals surface area contributed by atoms with Crippen molar-refractivity contribution in [2.24, 2.45) is 0 Å². The average Bonchev–Trinajstić information content (AvgIpc) is 3.19.